The number of aliphatic carboxylic acids is 1. The van der Waals surface area contributed by atoms with Gasteiger partial charge in [0.05, 0.1) is 5.92 Å². The van der Waals surface area contributed by atoms with Crippen molar-refractivity contribution in [2.45, 2.75) is 13.3 Å². The Morgan fingerprint density at radius 1 is 1.69 bits per heavy atom. The largest absolute Gasteiger partial charge is 0.481 e. The molecule has 0 spiro atoms. The second-order valence-corrected chi connectivity index (χ2v) is 5.31. The first kappa shape index (κ1) is 11.6. The van der Waals surface area contributed by atoms with E-state index in [0.29, 0.717) is 5.92 Å². The highest BCUT2D eigenvalue weighted by Gasteiger charge is 2.33. The first-order valence-electron chi connectivity index (χ1n) is 5.63. The highest BCUT2D eigenvalue weighted by molar-refractivity contribution is 7.07. The predicted molar refractivity (Wildman–Crippen MR) is 64.8 cm³/mol. The van der Waals surface area contributed by atoms with Crippen LogP contribution in [-0.2, 0) is 11.2 Å². The summed E-state index contributed by atoms with van der Waals surface area (Å²) in [5, 5.41) is 13.1. The molecule has 1 fully saturated rings. The lowest BCUT2D eigenvalue weighted by atomic mass is 9.87. The van der Waals surface area contributed by atoms with Gasteiger partial charge in [-0.15, -0.1) is 0 Å². The molecule has 1 aliphatic heterocycles. The van der Waals surface area contributed by atoms with Gasteiger partial charge >= 0.3 is 5.97 Å². The second-order valence-electron chi connectivity index (χ2n) is 4.53. The fourth-order valence-electron chi connectivity index (χ4n) is 2.03. The van der Waals surface area contributed by atoms with Gasteiger partial charge in [0.2, 0.25) is 0 Å². The summed E-state index contributed by atoms with van der Waals surface area (Å²) in [4.78, 5) is 13.1. The Balaban J connectivity index is 1.67. The van der Waals surface area contributed by atoms with Crippen LogP contribution in [0.2, 0.25) is 0 Å². The molecule has 1 aromatic rings. The summed E-state index contributed by atoms with van der Waals surface area (Å²) >= 11 is 1.73. The van der Waals surface area contributed by atoms with Crippen LogP contribution in [-0.4, -0.2) is 35.6 Å². The van der Waals surface area contributed by atoms with Crippen molar-refractivity contribution in [2.24, 2.45) is 11.8 Å². The van der Waals surface area contributed by atoms with Crippen LogP contribution in [0, 0.1) is 11.8 Å². The van der Waals surface area contributed by atoms with Crippen molar-refractivity contribution >= 4 is 17.3 Å². The highest BCUT2D eigenvalue weighted by atomic mass is 32.1. The van der Waals surface area contributed by atoms with Crippen LogP contribution in [0.4, 0.5) is 0 Å². The van der Waals surface area contributed by atoms with Crippen LogP contribution in [0.5, 0.6) is 0 Å². The molecule has 1 N–H and O–H groups in total. The molecule has 1 saturated heterocycles. The second kappa shape index (κ2) is 4.97. The number of carboxylic acids is 1. The van der Waals surface area contributed by atoms with Gasteiger partial charge in [0.15, 0.2) is 0 Å². The minimum absolute atomic E-state index is 0.197. The summed E-state index contributed by atoms with van der Waals surface area (Å²) in [5.41, 5.74) is 1.39. The maximum atomic E-state index is 10.8. The third-order valence-electron chi connectivity index (χ3n) is 3.38. The molecule has 88 valence electrons. The van der Waals surface area contributed by atoms with Crippen molar-refractivity contribution in [1.82, 2.24) is 4.90 Å². The van der Waals surface area contributed by atoms with Gasteiger partial charge < -0.3 is 10.0 Å². The summed E-state index contributed by atoms with van der Waals surface area (Å²) in [6.07, 6.45) is 1.08. The highest BCUT2D eigenvalue weighted by Crippen LogP contribution is 2.24. The molecule has 0 amide bonds. The maximum Gasteiger partial charge on any atom is 0.306 e. The number of rotatable bonds is 5. The molecule has 0 aliphatic carbocycles. The van der Waals surface area contributed by atoms with E-state index in [9.17, 15) is 4.79 Å². The third kappa shape index (κ3) is 2.62. The molecular formula is C12H17NO2S. The number of hydrogen-bond acceptors (Lipinski definition) is 3. The van der Waals surface area contributed by atoms with E-state index in [1.807, 2.05) is 6.92 Å². The van der Waals surface area contributed by atoms with E-state index in [0.717, 1.165) is 26.1 Å². The average molecular weight is 239 g/mol. The Kier molecular flexibility index (Phi) is 3.61. The fraction of sp³-hybridized carbons (Fsp3) is 0.583. The van der Waals surface area contributed by atoms with Gasteiger partial charge in [0.1, 0.15) is 0 Å². The molecular weight excluding hydrogens is 222 g/mol. The number of likely N-dealkylation sites (tertiary alicyclic amines) is 1. The summed E-state index contributed by atoms with van der Waals surface area (Å²) in [5.74, 6) is -0.514. The molecule has 0 radical (unpaired) electrons. The van der Waals surface area contributed by atoms with Gasteiger partial charge in [-0.1, -0.05) is 6.92 Å². The monoisotopic (exact) mass is 239 g/mol. The third-order valence-corrected chi connectivity index (χ3v) is 4.11. The van der Waals surface area contributed by atoms with Crippen molar-refractivity contribution in [2.75, 3.05) is 19.6 Å². The zero-order valence-corrected chi connectivity index (χ0v) is 10.2. The molecule has 0 bridgehead atoms. The van der Waals surface area contributed by atoms with Gasteiger partial charge in [-0.05, 0) is 34.7 Å². The van der Waals surface area contributed by atoms with E-state index in [1.54, 1.807) is 11.3 Å². The number of carbonyl (C=O) groups is 1. The molecule has 1 aliphatic rings. The Morgan fingerprint density at radius 3 is 3.00 bits per heavy atom. The lowest BCUT2D eigenvalue weighted by Gasteiger charge is -2.41. The molecule has 0 saturated carbocycles. The Bertz CT molecular complexity index is 344. The van der Waals surface area contributed by atoms with Crippen molar-refractivity contribution in [3.63, 3.8) is 0 Å². The quantitative estimate of drug-likeness (QED) is 0.853. The lowest BCUT2D eigenvalue weighted by molar-refractivity contribution is -0.145. The molecule has 1 atom stereocenters. The van der Waals surface area contributed by atoms with Crippen LogP contribution in [0.25, 0.3) is 0 Å². The van der Waals surface area contributed by atoms with Crippen LogP contribution < -0.4 is 0 Å². The maximum absolute atomic E-state index is 10.8. The average Bonchev–Trinajstić information content (AvgIpc) is 2.67. The Labute approximate surface area is 99.7 Å². The van der Waals surface area contributed by atoms with Crippen LogP contribution >= 0.6 is 11.3 Å². The SMILES string of the molecule is CC(C(=O)O)C1CN(CCc2ccsc2)C1. The number of nitrogens with zero attached hydrogens (tertiary/aromatic N) is 1. The normalized spacial score (nSPS) is 19.3. The van der Waals surface area contributed by atoms with Crippen molar-refractivity contribution in [3.8, 4) is 0 Å². The van der Waals surface area contributed by atoms with E-state index >= 15 is 0 Å². The van der Waals surface area contributed by atoms with Gasteiger partial charge in [-0.2, -0.15) is 11.3 Å². The smallest absolute Gasteiger partial charge is 0.306 e. The van der Waals surface area contributed by atoms with E-state index in [2.05, 4.69) is 21.7 Å². The lowest BCUT2D eigenvalue weighted by Crippen LogP contribution is -2.51. The zero-order chi connectivity index (χ0) is 11.5. The minimum atomic E-state index is -0.664. The fourth-order valence-corrected chi connectivity index (χ4v) is 2.74. The van der Waals surface area contributed by atoms with Crippen molar-refractivity contribution < 1.29 is 9.90 Å². The minimum Gasteiger partial charge on any atom is -0.481 e. The molecule has 16 heavy (non-hydrogen) atoms. The number of carboxylic acid groups (broad SMARTS) is 1. The van der Waals surface area contributed by atoms with Gasteiger partial charge in [-0.25, -0.2) is 0 Å². The molecule has 1 aromatic heterocycles. The molecule has 4 heteroatoms. The van der Waals surface area contributed by atoms with E-state index in [1.165, 1.54) is 5.56 Å². The van der Waals surface area contributed by atoms with E-state index in [-0.39, 0.29) is 5.92 Å². The first-order valence-corrected chi connectivity index (χ1v) is 6.57. The predicted octanol–water partition coefficient (Wildman–Crippen LogP) is 1.94. The van der Waals surface area contributed by atoms with E-state index in [4.69, 9.17) is 5.11 Å². The Morgan fingerprint density at radius 2 is 2.44 bits per heavy atom. The molecule has 1 unspecified atom stereocenters. The van der Waals surface area contributed by atoms with E-state index < -0.39 is 5.97 Å². The van der Waals surface area contributed by atoms with Crippen LogP contribution in [0.15, 0.2) is 16.8 Å². The van der Waals surface area contributed by atoms with Gasteiger partial charge in [-0.3, -0.25) is 4.79 Å². The molecule has 3 nitrogen and oxygen atoms in total. The van der Waals surface area contributed by atoms with Gasteiger partial charge in [0.25, 0.3) is 0 Å². The van der Waals surface area contributed by atoms with Gasteiger partial charge in [0, 0.05) is 19.6 Å². The summed E-state index contributed by atoms with van der Waals surface area (Å²) in [6, 6.07) is 2.15. The topological polar surface area (TPSA) is 40.5 Å². The first-order chi connectivity index (χ1) is 7.66. The molecule has 2 heterocycles. The summed E-state index contributed by atoms with van der Waals surface area (Å²) < 4.78 is 0. The van der Waals surface area contributed by atoms with Crippen molar-refractivity contribution in [1.29, 1.82) is 0 Å². The number of hydrogen-bond donors (Lipinski definition) is 1. The summed E-state index contributed by atoms with van der Waals surface area (Å²) in [7, 11) is 0. The van der Waals surface area contributed by atoms with Crippen LogP contribution in [0.3, 0.4) is 0 Å². The molecule has 0 aromatic carbocycles. The number of thiophene rings is 1. The Hall–Kier alpha value is -0.870. The molecule has 2 rings (SSSR count). The van der Waals surface area contributed by atoms with Crippen LogP contribution in [0.1, 0.15) is 12.5 Å². The standard InChI is InChI=1S/C12H17NO2S/c1-9(12(14)15)11-6-13(7-11)4-2-10-3-5-16-8-10/h3,5,8-9,11H,2,4,6-7H2,1H3,(H,14,15). The van der Waals surface area contributed by atoms with Crippen molar-refractivity contribution in [3.05, 3.63) is 22.4 Å². The zero-order valence-electron chi connectivity index (χ0n) is 9.43. The summed E-state index contributed by atoms with van der Waals surface area (Å²) in [6.45, 7) is 4.75.